The summed E-state index contributed by atoms with van der Waals surface area (Å²) in [5.41, 5.74) is 1.84. The van der Waals surface area contributed by atoms with Gasteiger partial charge in [0.2, 0.25) is 6.79 Å². The van der Waals surface area contributed by atoms with E-state index in [1.165, 1.54) is 6.92 Å². The largest absolute Gasteiger partial charge is 0.454 e. The third-order valence-electron chi connectivity index (χ3n) is 3.82. The molecule has 25 heavy (non-hydrogen) atoms. The van der Waals surface area contributed by atoms with E-state index in [-0.39, 0.29) is 13.2 Å². The summed E-state index contributed by atoms with van der Waals surface area (Å²) in [6.07, 6.45) is -0.943. The van der Waals surface area contributed by atoms with Crippen LogP contribution in [-0.2, 0) is 20.7 Å². The third-order valence-corrected chi connectivity index (χ3v) is 3.82. The number of aryl methyl sites for hydroxylation is 2. The lowest BCUT2D eigenvalue weighted by molar-refractivity contribution is -0.152. The highest BCUT2D eigenvalue weighted by atomic mass is 16.7. The SMILES string of the molecule is Cc1noc(C)c1CC(=O)O[C@H](C)C(=O)Nc1ccc2c(c1)OCO2. The molecule has 1 aromatic heterocycles. The summed E-state index contributed by atoms with van der Waals surface area (Å²) in [5.74, 6) is 0.776. The average Bonchev–Trinajstić information content (AvgIpc) is 3.15. The van der Waals surface area contributed by atoms with Crippen LogP contribution in [-0.4, -0.2) is 29.9 Å². The Balaban J connectivity index is 1.56. The molecule has 0 bridgehead atoms. The van der Waals surface area contributed by atoms with E-state index in [0.29, 0.717) is 34.2 Å². The molecule has 0 aliphatic carbocycles. The summed E-state index contributed by atoms with van der Waals surface area (Å²) in [6, 6.07) is 5.04. The molecule has 1 atom stereocenters. The van der Waals surface area contributed by atoms with Crippen molar-refractivity contribution in [2.45, 2.75) is 33.3 Å². The van der Waals surface area contributed by atoms with Crippen LogP contribution < -0.4 is 14.8 Å². The number of fused-ring (bicyclic) bond motifs is 1. The minimum atomic E-state index is -0.946. The predicted octanol–water partition coefficient (Wildman–Crippen LogP) is 2.13. The summed E-state index contributed by atoms with van der Waals surface area (Å²) in [4.78, 5) is 24.2. The zero-order chi connectivity index (χ0) is 18.0. The lowest BCUT2D eigenvalue weighted by atomic mass is 10.1. The van der Waals surface area contributed by atoms with E-state index in [9.17, 15) is 9.59 Å². The Kier molecular flexibility index (Phi) is 4.60. The molecule has 0 spiro atoms. The zero-order valence-corrected chi connectivity index (χ0v) is 14.1. The van der Waals surface area contributed by atoms with E-state index in [1.807, 2.05) is 0 Å². The number of hydrogen-bond donors (Lipinski definition) is 1. The van der Waals surface area contributed by atoms with Crippen LogP contribution in [0.5, 0.6) is 11.5 Å². The molecule has 132 valence electrons. The number of anilines is 1. The van der Waals surface area contributed by atoms with Gasteiger partial charge in [-0.2, -0.15) is 0 Å². The first-order valence-electron chi connectivity index (χ1n) is 7.76. The van der Waals surface area contributed by atoms with E-state index < -0.39 is 18.0 Å². The van der Waals surface area contributed by atoms with Crippen molar-refractivity contribution in [3.05, 3.63) is 35.2 Å². The third kappa shape index (κ3) is 3.73. The highest BCUT2D eigenvalue weighted by molar-refractivity contribution is 5.95. The van der Waals surface area contributed by atoms with Gasteiger partial charge in [0.15, 0.2) is 17.6 Å². The fraction of sp³-hybridized carbons (Fsp3) is 0.353. The predicted molar refractivity (Wildman–Crippen MR) is 86.4 cm³/mol. The first-order valence-corrected chi connectivity index (χ1v) is 7.76. The normalized spacial score (nSPS) is 13.4. The minimum absolute atomic E-state index is 0.00279. The Bertz CT molecular complexity index is 794. The van der Waals surface area contributed by atoms with E-state index in [1.54, 1.807) is 32.0 Å². The number of ether oxygens (including phenoxy) is 3. The Morgan fingerprint density at radius 2 is 2.04 bits per heavy atom. The number of benzene rings is 1. The lowest BCUT2D eigenvalue weighted by Crippen LogP contribution is -2.30. The molecule has 0 saturated carbocycles. The molecular weight excluding hydrogens is 328 g/mol. The van der Waals surface area contributed by atoms with Crippen molar-refractivity contribution in [2.24, 2.45) is 0 Å². The summed E-state index contributed by atoms with van der Waals surface area (Å²) in [5, 5.41) is 6.46. The Hall–Kier alpha value is -3.03. The first-order chi connectivity index (χ1) is 11.9. The number of nitrogens with zero attached hydrogens (tertiary/aromatic N) is 1. The van der Waals surface area contributed by atoms with Crippen LogP contribution in [0.3, 0.4) is 0 Å². The first kappa shape index (κ1) is 16.8. The number of carbonyl (C=O) groups excluding carboxylic acids is 2. The van der Waals surface area contributed by atoms with Crippen molar-refractivity contribution < 1.29 is 28.3 Å². The molecule has 3 rings (SSSR count). The molecule has 8 heteroatoms. The lowest BCUT2D eigenvalue weighted by Gasteiger charge is -2.13. The van der Waals surface area contributed by atoms with Gasteiger partial charge in [0.25, 0.3) is 5.91 Å². The van der Waals surface area contributed by atoms with Gasteiger partial charge in [0.1, 0.15) is 5.76 Å². The van der Waals surface area contributed by atoms with E-state index in [2.05, 4.69) is 10.5 Å². The van der Waals surface area contributed by atoms with Crippen molar-refractivity contribution in [1.29, 1.82) is 0 Å². The molecule has 0 unspecified atom stereocenters. The van der Waals surface area contributed by atoms with Crippen LogP contribution >= 0.6 is 0 Å². The van der Waals surface area contributed by atoms with Crippen molar-refractivity contribution in [2.75, 3.05) is 12.1 Å². The molecule has 1 aromatic carbocycles. The highest BCUT2D eigenvalue weighted by Gasteiger charge is 2.21. The Morgan fingerprint density at radius 3 is 2.76 bits per heavy atom. The topological polar surface area (TPSA) is 99.9 Å². The molecular formula is C17H18N2O6. The molecule has 1 aliphatic heterocycles. The summed E-state index contributed by atoms with van der Waals surface area (Å²) in [7, 11) is 0. The van der Waals surface area contributed by atoms with Gasteiger partial charge in [-0.1, -0.05) is 5.16 Å². The molecule has 0 saturated heterocycles. The van der Waals surface area contributed by atoms with Gasteiger partial charge in [0.05, 0.1) is 12.1 Å². The Morgan fingerprint density at radius 1 is 1.28 bits per heavy atom. The molecule has 1 N–H and O–H groups in total. The zero-order valence-electron chi connectivity index (χ0n) is 14.1. The molecule has 2 aromatic rings. The Labute approximate surface area is 144 Å². The highest BCUT2D eigenvalue weighted by Crippen LogP contribution is 2.34. The molecule has 0 fully saturated rings. The van der Waals surface area contributed by atoms with Gasteiger partial charge >= 0.3 is 5.97 Å². The minimum Gasteiger partial charge on any atom is -0.454 e. The van der Waals surface area contributed by atoms with Crippen molar-refractivity contribution in [3.8, 4) is 11.5 Å². The number of nitrogens with one attached hydrogen (secondary N) is 1. The molecule has 1 amide bonds. The van der Waals surface area contributed by atoms with Crippen molar-refractivity contribution in [3.63, 3.8) is 0 Å². The summed E-state index contributed by atoms with van der Waals surface area (Å²) in [6.45, 7) is 5.13. The molecule has 1 aliphatic rings. The smallest absolute Gasteiger partial charge is 0.311 e. The van der Waals surface area contributed by atoms with Gasteiger partial charge in [-0.15, -0.1) is 0 Å². The number of hydrogen-bond acceptors (Lipinski definition) is 7. The van der Waals surface area contributed by atoms with Crippen molar-refractivity contribution >= 4 is 17.6 Å². The maximum Gasteiger partial charge on any atom is 0.311 e. The van der Waals surface area contributed by atoms with Gasteiger partial charge in [-0.05, 0) is 32.9 Å². The van der Waals surface area contributed by atoms with Crippen LogP contribution in [0.4, 0.5) is 5.69 Å². The second kappa shape index (κ2) is 6.84. The van der Waals surface area contributed by atoms with Crippen LogP contribution in [0.2, 0.25) is 0 Å². The van der Waals surface area contributed by atoms with Crippen LogP contribution in [0.1, 0.15) is 23.9 Å². The van der Waals surface area contributed by atoms with E-state index in [4.69, 9.17) is 18.7 Å². The van der Waals surface area contributed by atoms with Gasteiger partial charge in [0, 0.05) is 17.3 Å². The monoisotopic (exact) mass is 346 g/mol. The summed E-state index contributed by atoms with van der Waals surface area (Å²) < 4.78 is 20.7. The van der Waals surface area contributed by atoms with Gasteiger partial charge < -0.3 is 24.1 Å². The number of carbonyl (C=O) groups is 2. The standard InChI is InChI=1S/C17H18N2O6/c1-9-13(10(2)25-19-9)7-16(20)24-11(3)17(21)18-12-4-5-14-15(6-12)23-8-22-14/h4-6,11H,7-8H2,1-3H3,(H,18,21)/t11-/m1/s1. The maximum atomic E-state index is 12.2. The number of aromatic nitrogens is 1. The van der Waals surface area contributed by atoms with Crippen LogP contribution in [0.25, 0.3) is 0 Å². The second-order valence-corrected chi connectivity index (χ2v) is 5.67. The number of esters is 1. The quantitative estimate of drug-likeness (QED) is 0.828. The van der Waals surface area contributed by atoms with Crippen LogP contribution in [0, 0.1) is 13.8 Å². The molecule has 8 nitrogen and oxygen atoms in total. The van der Waals surface area contributed by atoms with E-state index in [0.717, 1.165) is 0 Å². The van der Waals surface area contributed by atoms with Crippen molar-refractivity contribution in [1.82, 2.24) is 5.16 Å². The second-order valence-electron chi connectivity index (χ2n) is 5.67. The number of amides is 1. The molecule has 0 radical (unpaired) electrons. The van der Waals surface area contributed by atoms with E-state index >= 15 is 0 Å². The molecule has 2 heterocycles. The van der Waals surface area contributed by atoms with Gasteiger partial charge in [-0.3, -0.25) is 9.59 Å². The summed E-state index contributed by atoms with van der Waals surface area (Å²) >= 11 is 0. The van der Waals surface area contributed by atoms with Crippen LogP contribution in [0.15, 0.2) is 22.7 Å². The fourth-order valence-electron chi connectivity index (χ4n) is 2.41. The maximum absolute atomic E-state index is 12.2. The van der Waals surface area contributed by atoms with Gasteiger partial charge in [-0.25, -0.2) is 0 Å². The number of rotatable bonds is 5. The average molecular weight is 346 g/mol. The fourth-order valence-corrected chi connectivity index (χ4v) is 2.41.